The van der Waals surface area contributed by atoms with Gasteiger partial charge in [0, 0.05) is 18.3 Å². The number of nitriles is 1. The van der Waals surface area contributed by atoms with Crippen LogP contribution in [0.4, 0.5) is 11.4 Å². The minimum absolute atomic E-state index is 0.156. The molecule has 0 fully saturated rings. The van der Waals surface area contributed by atoms with Gasteiger partial charge in [0.05, 0.1) is 11.6 Å². The summed E-state index contributed by atoms with van der Waals surface area (Å²) in [5, 5.41) is 14.1. The molecule has 0 aliphatic rings. The quantitative estimate of drug-likeness (QED) is 0.885. The summed E-state index contributed by atoms with van der Waals surface area (Å²) < 4.78 is 5.55. The number of carbonyl (C=O) groups is 2. The van der Waals surface area contributed by atoms with E-state index in [2.05, 4.69) is 10.6 Å². The lowest BCUT2D eigenvalue weighted by molar-refractivity contribution is -0.122. The molecule has 2 rings (SSSR count). The zero-order valence-electron chi connectivity index (χ0n) is 13.4. The molecule has 6 nitrogen and oxygen atoms in total. The van der Waals surface area contributed by atoms with Gasteiger partial charge in [-0.15, -0.1) is 0 Å². The lowest BCUT2D eigenvalue weighted by atomic mass is 10.2. The summed E-state index contributed by atoms with van der Waals surface area (Å²) in [6, 6.07) is 15.3. The highest BCUT2D eigenvalue weighted by Crippen LogP contribution is 2.16. The van der Waals surface area contributed by atoms with E-state index < -0.39 is 6.10 Å². The molecule has 122 valence electrons. The van der Waals surface area contributed by atoms with Gasteiger partial charge in [0.1, 0.15) is 5.75 Å². The van der Waals surface area contributed by atoms with Gasteiger partial charge in [0.2, 0.25) is 5.91 Å². The van der Waals surface area contributed by atoms with Crippen LogP contribution in [0.3, 0.4) is 0 Å². The number of ether oxygens (including phenoxy) is 1. The van der Waals surface area contributed by atoms with Crippen LogP contribution in [0.15, 0.2) is 48.5 Å². The molecule has 24 heavy (non-hydrogen) atoms. The number of nitrogens with zero attached hydrogens (tertiary/aromatic N) is 1. The van der Waals surface area contributed by atoms with E-state index in [1.807, 2.05) is 6.07 Å². The van der Waals surface area contributed by atoms with Crippen molar-refractivity contribution < 1.29 is 14.3 Å². The molecule has 0 heterocycles. The number of rotatable bonds is 5. The maximum absolute atomic E-state index is 12.1. The maximum atomic E-state index is 12.1. The molecule has 0 aliphatic heterocycles. The minimum Gasteiger partial charge on any atom is -0.481 e. The predicted molar refractivity (Wildman–Crippen MR) is 90.6 cm³/mol. The molecule has 2 N–H and O–H groups in total. The van der Waals surface area contributed by atoms with Gasteiger partial charge >= 0.3 is 0 Å². The average molecular weight is 323 g/mol. The van der Waals surface area contributed by atoms with Crippen molar-refractivity contribution in [2.75, 3.05) is 10.6 Å². The van der Waals surface area contributed by atoms with E-state index in [0.717, 1.165) is 0 Å². The fraction of sp³-hybridized carbons (Fsp3) is 0.167. The van der Waals surface area contributed by atoms with Crippen LogP contribution >= 0.6 is 0 Å². The Morgan fingerprint density at radius 2 is 1.54 bits per heavy atom. The van der Waals surface area contributed by atoms with E-state index in [-0.39, 0.29) is 11.8 Å². The van der Waals surface area contributed by atoms with Crippen molar-refractivity contribution in [1.82, 2.24) is 0 Å². The van der Waals surface area contributed by atoms with E-state index in [4.69, 9.17) is 10.00 Å². The van der Waals surface area contributed by atoms with Crippen LogP contribution < -0.4 is 15.4 Å². The van der Waals surface area contributed by atoms with E-state index in [0.29, 0.717) is 22.7 Å². The number of hydrogen-bond acceptors (Lipinski definition) is 4. The Morgan fingerprint density at radius 1 is 1.00 bits per heavy atom. The summed E-state index contributed by atoms with van der Waals surface area (Å²) in [5.74, 6) is 0.0560. The highest BCUT2D eigenvalue weighted by atomic mass is 16.5. The zero-order valence-corrected chi connectivity index (χ0v) is 13.4. The average Bonchev–Trinajstić information content (AvgIpc) is 2.56. The predicted octanol–water partition coefficient (Wildman–Crippen LogP) is 2.92. The van der Waals surface area contributed by atoms with Crippen molar-refractivity contribution in [3.63, 3.8) is 0 Å². The molecule has 0 radical (unpaired) electrons. The Kier molecular flexibility index (Phi) is 5.53. The van der Waals surface area contributed by atoms with Gasteiger partial charge in [-0.25, -0.2) is 0 Å². The fourth-order valence-electron chi connectivity index (χ4n) is 1.95. The van der Waals surface area contributed by atoms with Gasteiger partial charge in [0.15, 0.2) is 6.10 Å². The smallest absolute Gasteiger partial charge is 0.265 e. The molecule has 0 aromatic heterocycles. The van der Waals surface area contributed by atoms with Gasteiger partial charge in [-0.1, -0.05) is 0 Å². The van der Waals surface area contributed by atoms with Crippen LogP contribution in [0.25, 0.3) is 0 Å². The largest absolute Gasteiger partial charge is 0.481 e. The molecular formula is C18H17N3O3. The van der Waals surface area contributed by atoms with Crippen molar-refractivity contribution in [2.24, 2.45) is 0 Å². The SMILES string of the molecule is CC(=O)Nc1ccc(NC(=O)[C@H](C)Oc2ccc(C#N)cc2)cc1. The van der Waals surface area contributed by atoms with Crippen LogP contribution in [-0.2, 0) is 9.59 Å². The third kappa shape index (κ3) is 4.85. The molecule has 0 spiro atoms. The first kappa shape index (κ1) is 17.0. The Bertz CT molecular complexity index is 762. The van der Waals surface area contributed by atoms with Crippen molar-refractivity contribution in [1.29, 1.82) is 5.26 Å². The molecule has 0 bridgehead atoms. The lowest BCUT2D eigenvalue weighted by Gasteiger charge is -2.15. The molecule has 2 aromatic rings. The molecule has 0 unspecified atom stereocenters. The Labute approximate surface area is 140 Å². The Morgan fingerprint density at radius 3 is 2.04 bits per heavy atom. The summed E-state index contributed by atoms with van der Waals surface area (Å²) in [7, 11) is 0. The Hall–Kier alpha value is -3.33. The molecule has 1 atom stereocenters. The molecular weight excluding hydrogens is 306 g/mol. The number of carbonyl (C=O) groups excluding carboxylic acids is 2. The van der Waals surface area contributed by atoms with Gasteiger partial charge in [-0.05, 0) is 55.5 Å². The van der Waals surface area contributed by atoms with Crippen LogP contribution in [-0.4, -0.2) is 17.9 Å². The van der Waals surface area contributed by atoms with E-state index in [1.54, 1.807) is 55.5 Å². The molecule has 2 aromatic carbocycles. The first-order valence-corrected chi connectivity index (χ1v) is 7.33. The van der Waals surface area contributed by atoms with Crippen LogP contribution in [0.2, 0.25) is 0 Å². The van der Waals surface area contributed by atoms with Crippen molar-refractivity contribution in [2.45, 2.75) is 20.0 Å². The van der Waals surface area contributed by atoms with Crippen molar-refractivity contribution in [3.8, 4) is 11.8 Å². The summed E-state index contributed by atoms with van der Waals surface area (Å²) in [4.78, 5) is 23.1. The maximum Gasteiger partial charge on any atom is 0.265 e. The second-order valence-corrected chi connectivity index (χ2v) is 5.14. The van der Waals surface area contributed by atoms with Gasteiger partial charge < -0.3 is 15.4 Å². The first-order valence-electron chi connectivity index (χ1n) is 7.33. The second kappa shape index (κ2) is 7.79. The van der Waals surface area contributed by atoms with Gasteiger partial charge in [0.25, 0.3) is 5.91 Å². The number of anilines is 2. The summed E-state index contributed by atoms with van der Waals surface area (Å²) in [6.07, 6.45) is -0.701. The van der Waals surface area contributed by atoms with Gasteiger partial charge in [-0.3, -0.25) is 9.59 Å². The number of benzene rings is 2. The minimum atomic E-state index is -0.701. The standard InChI is InChI=1S/C18H17N3O3/c1-12(24-17-9-3-14(11-19)4-10-17)18(23)21-16-7-5-15(6-8-16)20-13(2)22/h3-10,12H,1-2H3,(H,20,22)(H,21,23)/t12-/m0/s1. The highest BCUT2D eigenvalue weighted by molar-refractivity contribution is 5.94. The first-order chi connectivity index (χ1) is 11.5. The van der Waals surface area contributed by atoms with Crippen molar-refractivity contribution in [3.05, 3.63) is 54.1 Å². The summed E-state index contributed by atoms with van der Waals surface area (Å²) in [5.41, 5.74) is 1.78. The van der Waals surface area contributed by atoms with E-state index >= 15 is 0 Å². The lowest BCUT2D eigenvalue weighted by Crippen LogP contribution is -2.30. The zero-order chi connectivity index (χ0) is 17.5. The van der Waals surface area contributed by atoms with E-state index in [9.17, 15) is 9.59 Å². The number of nitrogens with one attached hydrogen (secondary N) is 2. The molecule has 0 aliphatic carbocycles. The van der Waals surface area contributed by atoms with E-state index in [1.165, 1.54) is 6.92 Å². The topological polar surface area (TPSA) is 91.2 Å². The van der Waals surface area contributed by atoms with Crippen LogP contribution in [0.1, 0.15) is 19.4 Å². The van der Waals surface area contributed by atoms with Gasteiger partial charge in [-0.2, -0.15) is 5.26 Å². The summed E-state index contributed by atoms with van der Waals surface area (Å²) >= 11 is 0. The summed E-state index contributed by atoms with van der Waals surface area (Å²) in [6.45, 7) is 3.07. The second-order valence-electron chi connectivity index (χ2n) is 5.14. The number of hydrogen-bond donors (Lipinski definition) is 2. The third-order valence-corrected chi connectivity index (χ3v) is 3.14. The third-order valence-electron chi connectivity index (χ3n) is 3.14. The molecule has 6 heteroatoms. The van der Waals surface area contributed by atoms with Crippen molar-refractivity contribution >= 4 is 23.2 Å². The fourth-order valence-corrected chi connectivity index (χ4v) is 1.95. The number of amides is 2. The molecule has 2 amide bonds. The normalized spacial score (nSPS) is 11.0. The molecule has 0 saturated heterocycles. The monoisotopic (exact) mass is 323 g/mol. The molecule has 0 saturated carbocycles. The highest BCUT2D eigenvalue weighted by Gasteiger charge is 2.15. The Balaban J connectivity index is 1.93. The van der Waals surface area contributed by atoms with Crippen LogP contribution in [0, 0.1) is 11.3 Å². The van der Waals surface area contributed by atoms with Crippen LogP contribution in [0.5, 0.6) is 5.75 Å².